The molecule has 1 aromatic heterocycles. The summed E-state index contributed by atoms with van der Waals surface area (Å²) in [6.45, 7) is 3.99. The third kappa shape index (κ3) is 3.69. The fourth-order valence-corrected chi connectivity index (χ4v) is 7.15. The van der Waals surface area contributed by atoms with Crippen LogP contribution in [0.4, 0.5) is 10.7 Å². The Morgan fingerprint density at radius 3 is 2.46 bits per heavy atom. The molecule has 1 aliphatic carbocycles. The second-order valence-electron chi connectivity index (χ2n) is 9.91. The van der Waals surface area contributed by atoms with Crippen LogP contribution in [0.2, 0.25) is 0 Å². The molecule has 8 heteroatoms. The van der Waals surface area contributed by atoms with Crippen molar-refractivity contribution in [2.75, 3.05) is 17.1 Å². The van der Waals surface area contributed by atoms with E-state index in [-0.39, 0.29) is 5.91 Å². The highest BCUT2D eigenvalue weighted by Crippen LogP contribution is 2.50. The lowest BCUT2D eigenvalue weighted by Crippen LogP contribution is -2.38. The van der Waals surface area contributed by atoms with Gasteiger partial charge in [-0.05, 0) is 62.3 Å². The normalized spacial score (nSPS) is 22.8. The number of hydrogen-bond acceptors (Lipinski definition) is 7. The molecule has 3 heterocycles. The van der Waals surface area contributed by atoms with Crippen molar-refractivity contribution < 1.29 is 24.0 Å². The first kappa shape index (κ1) is 23.9. The van der Waals surface area contributed by atoms with E-state index in [1.165, 1.54) is 23.3 Å². The Morgan fingerprint density at radius 1 is 1.00 bits per heavy atom. The summed E-state index contributed by atoms with van der Waals surface area (Å²) in [5.74, 6) is -2.05. The van der Waals surface area contributed by atoms with E-state index in [0.29, 0.717) is 10.6 Å². The lowest BCUT2D eigenvalue weighted by Gasteiger charge is -2.29. The summed E-state index contributed by atoms with van der Waals surface area (Å²) in [6.07, 6.45) is 2.57. The van der Waals surface area contributed by atoms with Crippen LogP contribution in [-0.2, 0) is 32.0 Å². The second-order valence-corrected chi connectivity index (χ2v) is 11.0. The lowest BCUT2D eigenvalue weighted by molar-refractivity contribution is -0.126. The Balaban J connectivity index is 1.46. The summed E-state index contributed by atoms with van der Waals surface area (Å²) in [7, 11) is 1.33. The molecule has 2 aromatic carbocycles. The largest absolute Gasteiger partial charge is 0.465 e. The molecular weight excluding hydrogens is 488 g/mol. The molecule has 3 aliphatic rings. The Kier molecular flexibility index (Phi) is 5.88. The number of imide groups is 1. The molecule has 0 bridgehead atoms. The Morgan fingerprint density at radius 2 is 1.73 bits per heavy atom. The van der Waals surface area contributed by atoms with Gasteiger partial charge in [0.25, 0.3) is 5.91 Å². The predicted molar refractivity (Wildman–Crippen MR) is 141 cm³/mol. The first-order valence-electron chi connectivity index (χ1n) is 12.6. The van der Waals surface area contributed by atoms with Gasteiger partial charge < -0.3 is 4.74 Å². The van der Waals surface area contributed by atoms with Gasteiger partial charge in [-0.25, -0.2) is 14.8 Å². The second kappa shape index (κ2) is 9.11. The Hall–Kier alpha value is -3.49. The van der Waals surface area contributed by atoms with E-state index in [2.05, 4.69) is 0 Å². The molecule has 7 nitrogen and oxygen atoms in total. The number of carbonyl (C=O) groups is 3. The number of methoxy groups -OCH3 is 1. The molecule has 0 spiro atoms. The van der Waals surface area contributed by atoms with Gasteiger partial charge in [0.05, 0.1) is 24.4 Å². The van der Waals surface area contributed by atoms with Gasteiger partial charge in [-0.2, -0.15) is 0 Å². The molecule has 0 saturated carbocycles. The fraction of sp³-hybridized carbons (Fsp3) is 0.345. The molecule has 2 aliphatic heterocycles. The van der Waals surface area contributed by atoms with Gasteiger partial charge in [0.15, 0.2) is 6.10 Å². The Labute approximate surface area is 219 Å². The number of esters is 1. The molecule has 190 valence electrons. The molecule has 0 N–H and O–H groups in total. The molecule has 2 fully saturated rings. The van der Waals surface area contributed by atoms with Crippen LogP contribution in [0.1, 0.15) is 56.4 Å². The number of rotatable bonds is 4. The summed E-state index contributed by atoms with van der Waals surface area (Å²) < 4.78 is 5.09. The third-order valence-corrected chi connectivity index (χ3v) is 8.91. The fourth-order valence-electron chi connectivity index (χ4n) is 5.76. The topological polar surface area (TPSA) is 76.2 Å². The van der Waals surface area contributed by atoms with Gasteiger partial charge in [-0.3, -0.25) is 14.4 Å². The minimum atomic E-state index is -0.983. The third-order valence-electron chi connectivity index (χ3n) is 7.63. The van der Waals surface area contributed by atoms with Gasteiger partial charge >= 0.3 is 5.97 Å². The van der Waals surface area contributed by atoms with Gasteiger partial charge in [-0.1, -0.05) is 48.0 Å². The van der Waals surface area contributed by atoms with Gasteiger partial charge in [-0.15, -0.1) is 11.3 Å². The number of ether oxygens (including phenoxy) is 1. The number of nitrogens with zero attached hydrogens (tertiary/aromatic N) is 2. The van der Waals surface area contributed by atoms with Crippen molar-refractivity contribution in [2.24, 2.45) is 5.92 Å². The van der Waals surface area contributed by atoms with Crippen LogP contribution < -0.4 is 9.96 Å². The number of hydrogen-bond donors (Lipinski definition) is 0. The zero-order valence-electron chi connectivity index (χ0n) is 21.0. The molecule has 0 unspecified atom stereocenters. The number of fused-ring (bicyclic) bond motifs is 2. The number of amides is 2. The smallest absolute Gasteiger partial charge is 0.341 e. The highest BCUT2D eigenvalue weighted by Gasteiger charge is 2.61. The highest BCUT2D eigenvalue weighted by atomic mass is 32.1. The zero-order valence-corrected chi connectivity index (χ0v) is 21.8. The number of thiophene rings is 1. The van der Waals surface area contributed by atoms with E-state index in [4.69, 9.17) is 9.57 Å². The summed E-state index contributed by atoms with van der Waals surface area (Å²) in [5, 5.41) is 2.10. The van der Waals surface area contributed by atoms with Crippen molar-refractivity contribution in [1.82, 2.24) is 0 Å². The van der Waals surface area contributed by atoms with Crippen LogP contribution in [-0.4, -0.2) is 31.0 Å². The van der Waals surface area contributed by atoms with Crippen molar-refractivity contribution >= 4 is 39.8 Å². The van der Waals surface area contributed by atoms with E-state index in [1.807, 2.05) is 62.4 Å². The highest BCUT2D eigenvalue weighted by molar-refractivity contribution is 7.17. The minimum Gasteiger partial charge on any atom is -0.465 e. The molecular formula is C29H28N2O5S. The van der Waals surface area contributed by atoms with Gasteiger partial charge in [0.2, 0.25) is 5.91 Å². The predicted octanol–water partition coefficient (Wildman–Crippen LogP) is 5.08. The molecule has 37 heavy (non-hydrogen) atoms. The standard InChI is InChI=1S/C29H28N2O5S/c1-16-12-14-18(15-13-16)24-23-25(36-31(24)20-10-6-4-8-17(20)2)27(33)30(26(23)32)28-22(29(34)35-3)19-9-5-7-11-21(19)37-28/h4,6,8,10,12-15,23-25H,5,7,9,11H2,1-3H3/t23-,24+,25-/m0/s1. The molecule has 2 saturated heterocycles. The number of anilines is 2. The average molecular weight is 517 g/mol. The SMILES string of the molecule is COC(=O)c1c(N2C(=O)[C@@H]3[C@H](ON(c4ccccc4C)[C@@H]3c3ccc(C)cc3)C2=O)sc2c1CCCC2. The van der Waals surface area contributed by atoms with E-state index in [1.54, 1.807) is 5.06 Å². The average Bonchev–Trinajstić information content (AvgIpc) is 3.54. The van der Waals surface area contributed by atoms with E-state index >= 15 is 0 Å². The van der Waals surface area contributed by atoms with Gasteiger partial charge in [0, 0.05) is 4.88 Å². The number of para-hydroxylation sites is 1. The van der Waals surface area contributed by atoms with Crippen LogP contribution >= 0.6 is 11.3 Å². The van der Waals surface area contributed by atoms with Crippen LogP contribution in [0.15, 0.2) is 48.5 Å². The van der Waals surface area contributed by atoms with Crippen molar-refractivity contribution in [2.45, 2.75) is 51.7 Å². The molecule has 0 radical (unpaired) electrons. The first-order chi connectivity index (χ1) is 17.9. The molecule has 3 aromatic rings. The zero-order chi connectivity index (χ0) is 25.8. The minimum absolute atomic E-state index is 0.347. The van der Waals surface area contributed by atoms with E-state index in [9.17, 15) is 14.4 Å². The number of aryl methyl sites for hydroxylation is 3. The summed E-state index contributed by atoms with van der Waals surface area (Å²) in [4.78, 5) is 49.5. The van der Waals surface area contributed by atoms with E-state index in [0.717, 1.165) is 58.5 Å². The van der Waals surface area contributed by atoms with Gasteiger partial charge in [0.1, 0.15) is 10.9 Å². The number of carbonyl (C=O) groups excluding carboxylic acids is 3. The lowest BCUT2D eigenvalue weighted by atomic mass is 9.90. The maximum absolute atomic E-state index is 14.1. The van der Waals surface area contributed by atoms with Crippen LogP contribution in [0.25, 0.3) is 0 Å². The first-order valence-corrected chi connectivity index (χ1v) is 13.4. The van der Waals surface area contributed by atoms with Crippen LogP contribution in [0, 0.1) is 19.8 Å². The van der Waals surface area contributed by atoms with Crippen LogP contribution in [0.5, 0.6) is 0 Å². The van der Waals surface area contributed by atoms with Crippen molar-refractivity contribution in [3.05, 3.63) is 81.2 Å². The molecule has 6 rings (SSSR count). The Bertz CT molecular complexity index is 1410. The molecule has 3 atom stereocenters. The van der Waals surface area contributed by atoms with Crippen molar-refractivity contribution in [1.29, 1.82) is 0 Å². The molecule has 2 amide bonds. The maximum atomic E-state index is 14.1. The van der Waals surface area contributed by atoms with Crippen molar-refractivity contribution in [3.63, 3.8) is 0 Å². The number of hydroxylamine groups is 1. The summed E-state index contributed by atoms with van der Waals surface area (Å²) in [5.41, 5.74) is 5.05. The summed E-state index contributed by atoms with van der Waals surface area (Å²) >= 11 is 1.36. The quantitative estimate of drug-likeness (QED) is 0.356. The van der Waals surface area contributed by atoms with Crippen molar-refractivity contribution in [3.8, 4) is 0 Å². The van der Waals surface area contributed by atoms with E-state index < -0.39 is 29.9 Å². The maximum Gasteiger partial charge on any atom is 0.341 e. The van der Waals surface area contributed by atoms with Crippen LogP contribution in [0.3, 0.4) is 0 Å². The summed E-state index contributed by atoms with van der Waals surface area (Å²) in [6, 6.07) is 15.3. The number of benzene rings is 2. The monoisotopic (exact) mass is 516 g/mol.